The SMILES string of the molecule is COc1ccc(S(=O)(=O)N2CCN(C(=O)[C@H]3Cc4cc(Cl)ccc4O3)CC2)cc1[N+](=O)[O-]. The predicted octanol–water partition coefficient (Wildman–Crippen LogP) is 2.09. The lowest BCUT2D eigenvalue weighted by Crippen LogP contribution is -2.53. The minimum absolute atomic E-state index is 0.0248. The Hall–Kier alpha value is -2.89. The number of fused-ring (bicyclic) bond motifs is 1. The van der Waals surface area contributed by atoms with E-state index in [-0.39, 0.29) is 42.7 Å². The van der Waals surface area contributed by atoms with Gasteiger partial charge in [-0.25, -0.2) is 8.42 Å². The maximum Gasteiger partial charge on any atom is 0.312 e. The lowest BCUT2D eigenvalue weighted by Gasteiger charge is -2.35. The molecule has 0 radical (unpaired) electrons. The van der Waals surface area contributed by atoms with E-state index >= 15 is 0 Å². The first-order valence-corrected chi connectivity index (χ1v) is 11.6. The number of amides is 1. The highest BCUT2D eigenvalue weighted by molar-refractivity contribution is 7.89. The van der Waals surface area contributed by atoms with Gasteiger partial charge in [0.1, 0.15) is 5.75 Å². The molecule has 32 heavy (non-hydrogen) atoms. The van der Waals surface area contributed by atoms with Gasteiger partial charge >= 0.3 is 5.69 Å². The molecule has 0 unspecified atom stereocenters. The van der Waals surface area contributed by atoms with Crippen LogP contribution >= 0.6 is 11.6 Å². The summed E-state index contributed by atoms with van der Waals surface area (Å²) in [7, 11) is -2.70. The molecule has 12 heteroatoms. The van der Waals surface area contributed by atoms with Crippen LogP contribution in [-0.4, -0.2) is 67.8 Å². The van der Waals surface area contributed by atoms with Crippen molar-refractivity contribution in [1.82, 2.24) is 9.21 Å². The normalized spacial score (nSPS) is 18.7. The van der Waals surface area contributed by atoms with E-state index in [1.165, 1.54) is 23.5 Å². The van der Waals surface area contributed by atoms with Crippen molar-refractivity contribution in [3.05, 3.63) is 57.1 Å². The van der Waals surface area contributed by atoms with Crippen molar-refractivity contribution in [3.63, 3.8) is 0 Å². The molecule has 0 spiro atoms. The van der Waals surface area contributed by atoms with E-state index < -0.39 is 26.7 Å². The van der Waals surface area contributed by atoms with E-state index in [1.807, 2.05) is 0 Å². The standard InChI is InChI=1S/C20H20ClN3O7S/c1-30-18-5-3-15(12-16(18)24(26)27)32(28,29)23-8-6-22(7-9-23)20(25)19-11-13-10-14(21)2-4-17(13)31-19/h2-5,10,12,19H,6-9,11H2,1H3/t19-/m1/s1. The zero-order valence-corrected chi connectivity index (χ0v) is 18.6. The van der Waals surface area contributed by atoms with Crippen LogP contribution in [0.2, 0.25) is 5.02 Å². The third kappa shape index (κ3) is 4.10. The Morgan fingerprint density at radius 1 is 1.19 bits per heavy atom. The Balaban J connectivity index is 1.43. The highest BCUT2D eigenvalue weighted by Gasteiger charge is 2.36. The molecule has 2 aromatic rings. The fraction of sp³-hybridized carbons (Fsp3) is 0.350. The van der Waals surface area contributed by atoms with Crippen LogP contribution < -0.4 is 9.47 Å². The zero-order valence-electron chi connectivity index (χ0n) is 17.1. The number of carbonyl (C=O) groups excluding carboxylic acids is 1. The second kappa shape index (κ2) is 8.57. The number of nitro benzene ring substituents is 1. The highest BCUT2D eigenvalue weighted by Crippen LogP contribution is 2.33. The third-order valence-electron chi connectivity index (χ3n) is 5.51. The highest BCUT2D eigenvalue weighted by atomic mass is 35.5. The lowest BCUT2D eigenvalue weighted by molar-refractivity contribution is -0.386. The van der Waals surface area contributed by atoms with Crippen LogP contribution in [0.5, 0.6) is 11.5 Å². The molecule has 2 heterocycles. The molecule has 2 aliphatic heterocycles. The van der Waals surface area contributed by atoms with Gasteiger partial charge in [-0.2, -0.15) is 4.31 Å². The molecule has 1 saturated heterocycles. The molecule has 2 aromatic carbocycles. The average Bonchev–Trinajstić information content (AvgIpc) is 3.21. The second-order valence-electron chi connectivity index (χ2n) is 7.38. The molecule has 0 aromatic heterocycles. The second-order valence-corrected chi connectivity index (χ2v) is 9.76. The van der Waals surface area contributed by atoms with Crippen molar-refractivity contribution >= 4 is 33.2 Å². The van der Waals surface area contributed by atoms with E-state index in [4.69, 9.17) is 21.1 Å². The molecule has 0 saturated carbocycles. The quantitative estimate of drug-likeness (QED) is 0.473. The number of hydrogen-bond donors (Lipinski definition) is 0. The summed E-state index contributed by atoms with van der Waals surface area (Å²) >= 11 is 5.99. The van der Waals surface area contributed by atoms with E-state index in [0.717, 1.165) is 11.6 Å². The van der Waals surface area contributed by atoms with Gasteiger partial charge in [0, 0.05) is 43.7 Å². The number of sulfonamides is 1. The van der Waals surface area contributed by atoms with Gasteiger partial charge in [-0.15, -0.1) is 0 Å². The topological polar surface area (TPSA) is 119 Å². The molecular weight excluding hydrogens is 462 g/mol. The first-order valence-electron chi connectivity index (χ1n) is 9.77. The number of piperazine rings is 1. The van der Waals surface area contributed by atoms with E-state index in [1.54, 1.807) is 23.1 Å². The first kappa shape index (κ1) is 22.3. The Labute approximate surface area is 189 Å². The molecule has 0 N–H and O–H groups in total. The van der Waals surface area contributed by atoms with Crippen molar-refractivity contribution in [3.8, 4) is 11.5 Å². The summed E-state index contributed by atoms with van der Waals surface area (Å²) in [6, 6.07) is 8.70. The van der Waals surface area contributed by atoms with Crippen molar-refractivity contribution in [2.45, 2.75) is 17.4 Å². The Morgan fingerprint density at radius 2 is 1.91 bits per heavy atom. The molecule has 0 bridgehead atoms. The van der Waals surface area contributed by atoms with Gasteiger partial charge in [-0.1, -0.05) is 11.6 Å². The van der Waals surface area contributed by atoms with E-state index in [0.29, 0.717) is 17.2 Å². The molecule has 10 nitrogen and oxygen atoms in total. The van der Waals surface area contributed by atoms with Crippen molar-refractivity contribution in [2.24, 2.45) is 0 Å². The third-order valence-corrected chi connectivity index (χ3v) is 7.64. The Bertz CT molecular complexity index is 1180. The smallest absolute Gasteiger partial charge is 0.312 e. The number of hydrogen-bond acceptors (Lipinski definition) is 7. The van der Waals surface area contributed by atoms with Gasteiger partial charge in [0.25, 0.3) is 5.91 Å². The van der Waals surface area contributed by atoms with Gasteiger partial charge < -0.3 is 14.4 Å². The molecule has 1 fully saturated rings. The average molecular weight is 482 g/mol. The molecule has 170 valence electrons. The molecular formula is C20H20ClN3O7S. The number of halogens is 1. The molecule has 0 aliphatic carbocycles. The number of ether oxygens (including phenoxy) is 2. The van der Waals surface area contributed by atoms with E-state index in [2.05, 4.69) is 0 Å². The molecule has 1 atom stereocenters. The van der Waals surface area contributed by atoms with Gasteiger partial charge in [-0.05, 0) is 35.9 Å². The fourth-order valence-electron chi connectivity index (χ4n) is 3.83. The largest absolute Gasteiger partial charge is 0.490 e. The summed E-state index contributed by atoms with van der Waals surface area (Å²) in [6.45, 7) is 0.513. The maximum absolute atomic E-state index is 13.0. The summed E-state index contributed by atoms with van der Waals surface area (Å²) in [6.07, 6.45) is -0.265. The zero-order chi connectivity index (χ0) is 23.0. The summed E-state index contributed by atoms with van der Waals surface area (Å²) in [5, 5.41) is 11.8. The Morgan fingerprint density at radius 3 is 2.56 bits per heavy atom. The van der Waals surface area contributed by atoms with Crippen LogP contribution in [0, 0.1) is 10.1 Å². The van der Waals surface area contributed by atoms with Crippen LogP contribution in [0.15, 0.2) is 41.3 Å². The van der Waals surface area contributed by atoms with Crippen LogP contribution in [0.25, 0.3) is 0 Å². The lowest BCUT2D eigenvalue weighted by atomic mass is 10.1. The first-order chi connectivity index (χ1) is 15.2. The summed E-state index contributed by atoms with van der Waals surface area (Å²) in [5.74, 6) is 0.382. The van der Waals surface area contributed by atoms with Gasteiger partial charge in [0.15, 0.2) is 11.9 Å². The van der Waals surface area contributed by atoms with Crippen molar-refractivity contribution < 1.29 is 27.6 Å². The summed E-state index contributed by atoms with van der Waals surface area (Å²) < 4.78 is 37.9. The minimum Gasteiger partial charge on any atom is -0.490 e. The van der Waals surface area contributed by atoms with Crippen LogP contribution in [0.1, 0.15) is 5.56 Å². The number of nitrogens with zero attached hydrogens (tertiary/aromatic N) is 3. The molecule has 2 aliphatic rings. The summed E-state index contributed by atoms with van der Waals surface area (Å²) in [5.41, 5.74) is 0.429. The van der Waals surface area contributed by atoms with Crippen molar-refractivity contribution in [2.75, 3.05) is 33.3 Å². The monoisotopic (exact) mass is 481 g/mol. The molecule has 4 rings (SSSR count). The Kier molecular flexibility index (Phi) is 5.97. The fourth-order valence-corrected chi connectivity index (χ4v) is 5.47. The van der Waals surface area contributed by atoms with Crippen LogP contribution in [0.4, 0.5) is 5.69 Å². The minimum atomic E-state index is -3.97. The molecule has 1 amide bonds. The number of benzene rings is 2. The predicted molar refractivity (Wildman–Crippen MR) is 115 cm³/mol. The van der Waals surface area contributed by atoms with Gasteiger partial charge in [0.05, 0.1) is 16.9 Å². The van der Waals surface area contributed by atoms with Crippen LogP contribution in [0.3, 0.4) is 0 Å². The summed E-state index contributed by atoms with van der Waals surface area (Å²) in [4.78, 5) is 24.8. The maximum atomic E-state index is 13.0. The van der Waals surface area contributed by atoms with Gasteiger partial charge in [0.2, 0.25) is 10.0 Å². The number of methoxy groups -OCH3 is 1. The van der Waals surface area contributed by atoms with E-state index in [9.17, 15) is 23.3 Å². The van der Waals surface area contributed by atoms with Crippen molar-refractivity contribution in [1.29, 1.82) is 0 Å². The number of rotatable bonds is 5. The van der Waals surface area contributed by atoms with Gasteiger partial charge in [-0.3, -0.25) is 14.9 Å². The number of carbonyl (C=O) groups is 1. The van der Waals surface area contributed by atoms with Crippen LogP contribution in [-0.2, 0) is 21.2 Å². The number of nitro groups is 1.